The van der Waals surface area contributed by atoms with Gasteiger partial charge in [0.05, 0.1) is 6.61 Å². The van der Waals surface area contributed by atoms with Gasteiger partial charge < -0.3 is 15.3 Å². The maximum absolute atomic E-state index is 9.33. The zero-order valence-electron chi connectivity index (χ0n) is 16.4. The van der Waals surface area contributed by atoms with Gasteiger partial charge in [-0.15, -0.1) is 0 Å². The second-order valence-electron chi connectivity index (χ2n) is 7.99. The molecular weight excluding hydrogens is 312 g/mol. The van der Waals surface area contributed by atoms with Gasteiger partial charge in [0, 0.05) is 6.42 Å². The van der Waals surface area contributed by atoms with Gasteiger partial charge >= 0.3 is 0 Å². The van der Waals surface area contributed by atoms with Gasteiger partial charge in [-0.2, -0.15) is 0 Å². The Labute approximate surface area is 154 Å². The van der Waals surface area contributed by atoms with Gasteiger partial charge in [0.2, 0.25) is 0 Å². The topological polar surface area (TPSA) is 60.7 Å². The molecule has 25 heavy (non-hydrogen) atoms. The standard InChI is InChI=1S/C22H40O3/c1-3-11-19(2)12-7-8-14-21-16-10-15-20(21)13-6-4-5-9-17-22(24,25)18-23/h4,6,8,14,19-21,23-25H,3,5,7,9-13,15-18H2,1-2H3/t19?,20-,21-/m0/s1. The van der Waals surface area contributed by atoms with E-state index in [0.717, 1.165) is 30.6 Å². The lowest BCUT2D eigenvalue weighted by Gasteiger charge is -2.17. The van der Waals surface area contributed by atoms with Crippen molar-refractivity contribution in [3.05, 3.63) is 24.3 Å². The van der Waals surface area contributed by atoms with E-state index in [1.54, 1.807) is 0 Å². The summed E-state index contributed by atoms with van der Waals surface area (Å²) in [6, 6.07) is 0. The van der Waals surface area contributed by atoms with Gasteiger partial charge in [0.25, 0.3) is 0 Å². The van der Waals surface area contributed by atoms with Crippen LogP contribution < -0.4 is 0 Å². The molecule has 0 radical (unpaired) electrons. The number of allylic oxidation sites excluding steroid dienone is 4. The highest BCUT2D eigenvalue weighted by Crippen LogP contribution is 2.35. The van der Waals surface area contributed by atoms with Crippen molar-refractivity contribution in [2.24, 2.45) is 17.8 Å². The Bertz CT molecular complexity index is 387. The molecule has 0 amide bonds. The predicted molar refractivity (Wildman–Crippen MR) is 105 cm³/mol. The second kappa shape index (κ2) is 12.7. The molecule has 0 spiro atoms. The van der Waals surface area contributed by atoms with Crippen LogP contribution in [0.3, 0.4) is 0 Å². The molecule has 0 saturated heterocycles. The summed E-state index contributed by atoms with van der Waals surface area (Å²) >= 11 is 0. The fourth-order valence-corrected chi connectivity index (χ4v) is 3.87. The molecule has 1 unspecified atom stereocenters. The molecule has 1 fully saturated rings. The number of aliphatic hydroxyl groups is 3. The molecule has 1 aliphatic carbocycles. The predicted octanol–water partition coefficient (Wildman–Crippen LogP) is 4.97. The summed E-state index contributed by atoms with van der Waals surface area (Å²) in [5.41, 5.74) is 0. The van der Waals surface area contributed by atoms with Gasteiger partial charge in [-0.3, -0.25) is 0 Å². The fraction of sp³-hybridized carbons (Fsp3) is 0.818. The third-order valence-electron chi connectivity index (χ3n) is 5.52. The Morgan fingerprint density at radius 2 is 1.88 bits per heavy atom. The summed E-state index contributed by atoms with van der Waals surface area (Å²) in [4.78, 5) is 0. The summed E-state index contributed by atoms with van der Waals surface area (Å²) in [5.74, 6) is 0.444. The third kappa shape index (κ3) is 10.2. The second-order valence-corrected chi connectivity index (χ2v) is 7.99. The van der Waals surface area contributed by atoms with Gasteiger partial charge in [0.15, 0.2) is 5.79 Å². The van der Waals surface area contributed by atoms with Crippen LogP contribution >= 0.6 is 0 Å². The number of unbranched alkanes of at least 4 members (excludes halogenated alkanes) is 1. The maximum atomic E-state index is 9.33. The van der Waals surface area contributed by atoms with E-state index in [1.165, 1.54) is 44.9 Å². The minimum Gasteiger partial charge on any atom is -0.391 e. The van der Waals surface area contributed by atoms with E-state index in [0.29, 0.717) is 6.42 Å². The molecule has 1 aliphatic rings. The van der Waals surface area contributed by atoms with E-state index < -0.39 is 12.4 Å². The molecule has 0 aromatic heterocycles. The van der Waals surface area contributed by atoms with Crippen LogP contribution in [-0.2, 0) is 0 Å². The van der Waals surface area contributed by atoms with Gasteiger partial charge in [0.1, 0.15) is 0 Å². The van der Waals surface area contributed by atoms with Crippen LogP contribution in [-0.4, -0.2) is 27.7 Å². The van der Waals surface area contributed by atoms with Crippen molar-refractivity contribution in [2.75, 3.05) is 6.61 Å². The lowest BCUT2D eigenvalue weighted by Crippen LogP contribution is -2.32. The Morgan fingerprint density at radius 1 is 1.08 bits per heavy atom. The minimum atomic E-state index is -1.91. The van der Waals surface area contributed by atoms with Gasteiger partial charge in [-0.25, -0.2) is 0 Å². The van der Waals surface area contributed by atoms with Crippen LogP contribution in [0.4, 0.5) is 0 Å². The summed E-state index contributed by atoms with van der Waals surface area (Å²) in [7, 11) is 0. The van der Waals surface area contributed by atoms with Crippen LogP contribution in [0.15, 0.2) is 24.3 Å². The lowest BCUT2D eigenvalue weighted by molar-refractivity contribution is -0.191. The van der Waals surface area contributed by atoms with E-state index >= 15 is 0 Å². The Hall–Kier alpha value is -0.640. The molecule has 146 valence electrons. The van der Waals surface area contributed by atoms with Crippen molar-refractivity contribution in [1.82, 2.24) is 0 Å². The highest BCUT2D eigenvalue weighted by atomic mass is 16.5. The normalized spacial score (nSPS) is 23.1. The van der Waals surface area contributed by atoms with Crippen molar-refractivity contribution in [3.8, 4) is 0 Å². The molecular formula is C22H40O3. The average molecular weight is 353 g/mol. The molecule has 0 heterocycles. The van der Waals surface area contributed by atoms with Crippen LogP contribution in [0.5, 0.6) is 0 Å². The van der Waals surface area contributed by atoms with E-state index in [9.17, 15) is 10.2 Å². The quantitative estimate of drug-likeness (QED) is 0.249. The molecule has 1 rings (SSSR count). The molecule has 0 aromatic carbocycles. The highest BCUT2D eigenvalue weighted by molar-refractivity contribution is 4.98. The van der Waals surface area contributed by atoms with Crippen LogP contribution in [0.25, 0.3) is 0 Å². The molecule has 3 atom stereocenters. The molecule has 0 bridgehead atoms. The van der Waals surface area contributed by atoms with Crippen molar-refractivity contribution in [2.45, 2.75) is 90.3 Å². The van der Waals surface area contributed by atoms with E-state index in [1.807, 2.05) is 0 Å². The zero-order chi connectivity index (χ0) is 18.5. The largest absolute Gasteiger partial charge is 0.391 e. The molecule has 0 aromatic rings. The average Bonchev–Trinajstić information content (AvgIpc) is 3.02. The van der Waals surface area contributed by atoms with Crippen molar-refractivity contribution >= 4 is 0 Å². The summed E-state index contributed by atoms with van der Waals surface area (Å²) in [5, 5.41) is 27.4. The third-order valence-corrected chi connectivity index (χ3v) is 5.52. The fourth-order valence-electron chi connectivity index (χ4n) is 3.87. The van der Waals surface area contributed by atoms with Crippen LogP contribution in [0.1, 0.15) is 84.5 Å². The Kier molecular flexibility index (Phi) is 11.4. The Balaban J connectivity index is 2.21. The summed E-state index contributed by atoms with van der Waals surface area (Å²) < 4.78 is 0. The lowest BCUT2D eigenvalue weighted by atomic mass is 9.91. The highest BCUT2D eigenvalue weighted by Gasteiger charge is 2.23. The minimum absolute atomic E-state index is 0.221. The number of rotatable bonds is 13. The first-order valence-corrected chi connectivity index (χ1v) is 10.4. The van der Waals surface area contributed by atoms with Crippen LogP contribution in [0, 0.1) is 17.8 Å². The monoisotopic (exact) mass is 352 g/mol. The van der Waals surface area contributed by atoms with Crippen LogP contribution in [0.2, 0.25) is 0 Å². The van der Waals surface area contributed by atoms with E-state index in [-0.39, 0.29) is 6.42 Å². The zero-order valence-corrected chi connectivity index (χ0v) is 16.4. The molecule has 3 heteroatoms. The first-order chi connectivity index (χ1) is 12.0. The maximum Gasteiger partial charge on any atom is 0.186 e. The van der Waals surface area contributed by atoms with Crippen molar-refractivity contribution in [1.29, 1.82) is 0 Å². The molecule has 0 aliphatic heterocycles. The number of hydrogen-bond acceptors (Lipinski definition) is 3. The SMILES string of the molecule is CCCC(C)CCC=C[C@H]1CCC[C@@H]1CC=CCCCC(O)(O)CO. The van der Waals surface area contributed by atoms with Gasteiger partial charge in [-0.1, -0.05) is 57.4 Å². The molecule has 3 N–H and O–H groups in total. The van der Waals surface area contributed by atoms with Crippen molar-refractivity contribution in [3.63, 3.8) is 0 Å². The number of aliphatic hydroxyl groups excluding tert-OH is 1. The van der Waals surface area contributed by atoms with Gasteiger partial charge in [-0.05, 0) is 62.7 Å². The number of hydrogen-bond donors (Lipinski definition) is 3. The van der Waals surface area contributed by atoms with E-state index in [2.05, 4.69) is 38.2 Å². The first-order valence-electron chi connectivity index (χ1n) is 10.4. The molecule has 1 saturated carbocycles. The first kappa shape index (κ1) is 22.4. The smallest absolute Gasteiger partial charge is 0.186 e. The van der Waals surface area contributed by atoms with Crippen molar-refractivity contribution < 1.29 is 15.3 Å². The Morgan fingerprint density at radius 3 is 2.60 bits per heavy atom. The molecule has 3 nitrogen and oxygen atoms in total. The summed E-state index contributed by atoms with van der Waals surface area (Å²) in [6.45, 7) is 4.03. The van der Waals surface area contributed by atoms with E-state index in [4.69, 9.17) is 5.11 Å². The summed E-state index contributed by atoms with van der Waals surface area (Å²) in [6.07, 6.45) is 21.3.